The molecule has 9 nitrogen and oxygen atoms in total. The lowest BCUT2D eigenvalue weighted by atomic mass is 10.1. The second-order valence-electron chi connectivity index (χ2n) is 6.26. The van der Waals surface area contributed by atoms with E-state index in [1.165, 1.54) is 20.1 Å². The minimum absolute atomic E-state index is 0.0582. The zero-order valence-corrected chi connectivity index (χ0v) is 18.4. The third kappa shape index (κ3) is 7.80. The Bertz CT molecular complexity index is 796. The maximum Gasteiger partial charge on any atom is 0.325 e. The molecule has 1 rings (SSSR count). The standard InChI is InChI=1S/C19H30N2O7S/c1-6-14(4)21(19(23)20-12-18(22)27-7-2)13-15-9-10-16(26-5)17(11-15)28-29(24,25)8-3/h9-11,14H,6-8,12-13H2,1-5H3,(H,20,23)/t14-/m1/s1. The molecule has 1 atom stereocenters. The monoisotopic (exact) mass is 430 g/mol. The topological polar surface area (TPSA) is 111 Å². The van der Waals surface area contributed by atoms with E-state index in [1.807, 2.05) is 13.8 Å². The number of ether oxygens (including phenoxy) is 2. The van der Waals surface area contributed by atoms with Crippen LogP contribution in [0.5, 0.6) is 11.5 Å². The van der Waals surface area contributed by atoms with Gasteiger partial charge in [-0.3, -0.25) is 4.79 Å². The van der Waals surface area contributed by atoms with Crippen LogP contribution in [-0.4, -0.2) is 57.4 Å². The summed E-state index contributed by atoms with van der Waals surface area (Å²) in [5.74, 6) is -0.374. The van der Waals surface area contributed by atoms with Crippen molar-refractivity contribution in [2.45, 2.75) is 46.7 Å². The van der Waals surface area contributed by atoms with Crippen LogP contribution in [0.4, 0.5) is 4.79 Å². The largest absolute Gasteiger partial charge is 0.493 e. The van der Waals surface area contributed by atoms with Crippen LogP contribution in [0.3, 0.4) is 0 Å². The molecule has 1 aromatic carbocycles. The molecule has 0 saturated heterocycles. The molecule has 29 heavy (non-hydrogen) atoms. The molecule has 0 fully saturated rings. The van der Waals surface area contributed by atoms with Gasteiger partial charge in [-0.15, -0.1) is 0 Å². The Morgan fingerprint density at radius 1 is 1.17 bits per heavy atom. The van der Waals surface area contributed by atoms with Gasteiger partial charge in [-0.2, -0.15) is 8.42 Å². The van der Waals surface area contributed by atoms with Crippen molar-refractivity contribution >= 4 is 22.1 Å². The minimum atomic E-state index is -3.74. The predicted octanol–water partition coefficient (Wildman–Crippen LogP) is 2.30. The number of amides is 2. The molecule has 164 valence electrons. The number of carbonyl (C=O) groups excluding carboxylic acids is 2. The number of benzene rings is 1. The first-order valence-corrected chi connectivity index (χ1v) is 11.0. The smallest absolute Gasteiger partial charge is 0.325 e. The number of carbonyl (C=O) groups is 2. The molecule has 0 heterocycles. The van der Waals surface area contributed by atoms with E-state index < -0.39 is 22.1 Å². The van der Waals surface area contributed by atoms with E-state index in [0.717, 1.165) is 0 Å². The molecule has 0 aromatic heterocycles. The van der Waals surface area contributed by atoms with Crippen LogP contribution in [0, 0.1) is 0 Å². The lowest BCUT2D eigenvalue weighted by Gasteiger charge is -2.29. The molecule has 0 spiro atoms. The number of urea groups is 1. The molecule has 0 bridgehead atoms. The van der Waals surface area contributed by atoms with E-state index in [1.54, 1.807) is 24.0 Å². The normalized spacial score (nSPS) is 12.0. The number of nitrogens with one attached hydrogen (secondary N) is 1. The third-order valence-corrected chi connectivity index (χ3v) is 5.36. The Morgan fingerprint density at radius 2 is 1.86 bits per heavy atom. The second-order valence-corrected chi connectivity index (χ2v) is 8.12. The van der Waals surface area contributed by atoms with Crippen LogP contribution in [0.2, 0.25) is 0 Å². The van der Waals surface area contributed by atoms with E-state index in [4.69, 9.17) is 13.7 Å². The molecule has 1 N–H and O–H groups in total. The molecule has 0 aliphatic carbocycles. The molecule has 2 amide bonds. The first-order chi connectivity index (χ1) is 13.7. The number of hydrogen-bond acceptors (Lipinski definition) is 7. The summed E-state index contributed by atoms with van der Waals surface area (Å²) in [4.78, 5) is 25.7. The first-order valence-electron chi connectivity index (χ1n) is 9.46. The molecule has 1 aromatic rings. The molecule has 0 saturated carbocycles. The number of esters is 1. The fourth-order valence-corrected chi connectivity index (χ4v) is 2.91. The SMILES string of the molecule is CCOC(=O)CNC(=O)N(Cc1ccc(OC)c(OS(=O)(=O)CC)c1)[C@H](C)CC. The van der Waals surface area contributed by atoms with Crippen molar-refractivity contribution in [3.63, 3.8) is 0 Å². The Balaban J connectivity index is 3.04. The highest BCUT2D eigenvalue weighted by Gasteiger charge is 2.21. The van der Waals surface area contributed by atoms with Crippen molar-refractivity contribution in [2.75, 3.05) is 26.0 Å². The first kappa shape index (κ1) is 24.5. The van der Waals surface area contributed by atoms with Crippen molar-refractivity contribution < 1.29 is 31.7 Å². The van der Waals surface area contributed by atoms with Crippen LogP contribution in [0.1, 0.15) is 39.7 Å². The van der Waals surface area contributed by atoms with Crippen LogP contribution < -0.4 is 14.2 Å². The summed E-state index contributed by atoms with van der Waals surface area (Å²) < 4.78 is 38.8. The zero-order valence-electron chi connectivity index (χ0n) is 17.6. The fraction of sp³-hybridized carbons (Fsp3) is 0.579. The minimum Gasteiger partial charge on any atom is -0.493 e. The summed E-state index contributed by atoms with van der Waals surface area (Å²) in [6.45, 7) is 7.18. The van der Waals surface area contributed by atoms with Crippen LogP contribution in [0.25, 0.3) is 0 Å². The average molecular weight is 431 g/mol. The van der Waals surface area contributed by atoms with E-state index in [2.05, 4.69) is 5.32 Å². The summed E-state index contributed by atoms with van der Waals surface area (Å²) in [5, 5.41) is 2.55. The van der Waals surface area contributed by atoms with Gasteiger partial charge >= 0.3 is 22.1 Å². The predicted molar refractivity (Wildman–Crippen MR) is 108 cm³/mol. The Kier molecular flexibility index (Phi) is 9.73. The van der Waals surface area contributed by atoms with Crippen molar-refractivity contribution in [3.8, 4) is 11.5 Å². The number of hydrogen-bond donors (Lipinski definition) is 1. The van der Waals surface area contributed by atoms with E-state index in [0.29, 0.717) is 12.0 Å². The summed E-state index contributed by atoms with van der Waals surface area (Å²) in [6.07, 6.45) is 0.691. The van der Waals surface area contributed by atoms with Crippen LogP contribution in [0.15, 0.2) is 18.2 Å². The summed E-state index contributed by atoms with van der Waals surface area (Å²) >= 11 is 0. The van der Waals surface area contributed by atoms with Crippen molar-refractivity contribution in [1.29, 1.82) is 0 Å². The average Bonchev–Trinajstić information content (AvgIpc) is 2.69. The van der Waals surface area contributed by atoms with Crippen molar-refractivity contribution in [2.24, 2.45) is 0 Å². The van der Waals surface area contributed by atoms with E-state index in [9.17, 15) is 18.0 Å². The van der Waals surface area contributed by atoms with Gasteiger partial charge in [-0.1, -0.05) is 13.0 Å². The van der Waals surface area contributed by atoms with Crippen molar-refractivity contribution in [3.05, 3.63) is 23.8 Å². The highest BCUT2D eigenvalue weighted by atomic mass is 32.2. The number of rotatable bonds is 11. The van der Waals surface area contributed by atoms with Crippen LogP contribution >= 0.6 is 0 Å². The van der Waals surface area contributed by atoms with Gasteiger partial charge in [-0.25, -0.2) is 4.79 Å². The van der Waals surface area contributed by atoms with Gasteiger partial charge < -0.3 is 23.9 Å². The summed E-state index contributed by atoms with van der Waals surface area (Å²) in [5.41, 5.74) is 0.652. The van der Waals surface area contributed by atoms with E-state index in [-0.39, 0.29) is 43.0 Å². The van der Waals surface area contributed by atoms with Gasteiger partial charge in [-0.05, 0) is 44.9 Å². The molecule has 0 unspecified atom stereocenters. The number of methoxy groups -OCH3 is 1. The Hall–Kier alpha value is -2.49. The Labute approximate surface area is 172 Å². The molecular weight excluding hydrogens is 400 g/mol. The molecule has 0 aliphatic rings. The lowest BCUT2D eigenvalue weighted by molar-refractivity contribution is -0.141. The summed E-state index contributed by atoms with van der Waals surface area (Å²) in [6, 6.07) is 4.29. The van der Waals surface area contributed by atoms with Gasteiger partial charge in [0.2, 0.25) is 0 Å². The van der Waals surface area contributed by atoms with Gasteiger partial charge in [0, 0.05) is 12.6 Å². The summed E-state index contributed by atoms with van der Waals surface area (Å²) in [7, 11) is -2.32. The number of nitrogens with zero attached hydrogens (tertiary/aromatic N) is 1. The lowest BCUT2D eigenvalue weighted by Crippen LogP contribution is -2.46. The van der Waals surface area contributed by atoms with Crippen molar-refractivity contribution in [1.82, 2.24) is 10.2 Å². The fourth-order valence-electron chi connectivity index (χ4n) is 2.39. The molecule has 0 aliphatic heterocycles. The quantitative estimate of drug-likeness (QED) is 0.423. The molecule has 10 heteroatoms. The van der Waals surface area contributed by atoms with Gasteiger partial charge in [0.15, 0.2) is 11.5 Å². The highest BCUT2D eigenvalue weighted by Crippen LogP contribution is 2.30. The van der Waals surface area contributed by atoms with Gasteiger partial charge in [0.1, 0.15) is 6.54 Å². The van der Waals surface area contributed by atoms with Gasteiger partial charge in [0.25, 0.3) is 0 Å². The molecule has 0 radical (unpaired) electrons. The maximum absolute atomic E-state index is 12.6. The van der Waals surface area contributed by atoms with Gasteiger partial charge in [0.05, 0.1) is 19.5 Å². The third-order valence-electron chi connectivity index (χ3n) is 4.22. The van der Waals surface area contributed by atoms with Crippen LogP contribution in [-0.2, 0) is 26.2 Å². The molecular formula is C19H30N2O7S. The maximum atomic E-state index is 12.6. The zero-order chi connectivity index (χ0) is 22.0. The Morgan fingerprint density at radius 3 is 2.41 bits per heavy atom. The highest BCUT2D eigenvalue weighted by molar-refractivity contribution is 7.87. The second kappa shape index (κ2) is 11.5. The van der Waals surface area contributed by atoms with E-state index >= 15 is 0 Å².